The number of thiophene rings is 1. The van der Waals surface area contributed by atoms with Crippen LogP contribution in [0, 0.1) is 11.8 Å². The average Bonchev–Trinajstić information content (AvgIpc) is 2.93. The van der Waals surface area contributed by atoms with Crippen molar-refractivity contribution in [1.82, 2.24) is 10.2 Å². The molecule has 0 bridgehead atoms. The molecule has 7 heteroatoms. The summed E-state index contributed by atoms with van der Waals surface area (Å²) in [6.07, 6.45) is 0. The van der Waals surface area contributed by atoms with Gasteiger partial charge < -0.3 is 20.1 Å². The Hall–Kier alpha value is -1.88. The van der Waals surface area contributed by atoms with Crippen LogP contribution < -0.4 is 5.32 Å². The summed E-state index contributed by atoms with van der Waals surface area (Å²) in [6.45, 7) is 0.607. The maximum Gasteiger partial charge on any atom is 0.254 e. The first-order valence-electron chi connectivity index (χ1n) is 6.27. The van der Waals surface area contributed by atoms with Crippen molar-refractivity contribution in [3.05, 3.63) is 21.9 Å². The minimum Gasteiger partial charge on any atom is -0.384 e. The maximum absolute atomic E-state index is 12.1. The van der Waals surface area contributed by atoms with Gasteiger partial charge in [0, 0.05) is 26.1 Å². The lowest BCUT2D eigenvalue weighted by molar-refractivity contribution is -0.121. The number of ether oxygens (including phenoxy) is 1. The highest BCUT2D eigenvalue weighted by molar-refractivity contribution is 7.10. The van der Waals surface area contributed by atoms with E-state index in [1.54, 1.807) is 25.6 Å². The highest BCUT2D eigenvalue weighted by Gasteiger charge is 2.16. The molecule has 0 aliphatic rings. The first-order chi connectivity index (χ1) is 10.1. The molecule has 0 saturated heterocycles. The predicted molar refractivity (Wildman–Crippen MR) is 80.1 cm³/mol. The largest absolute Gasteiger partial charge is 0.384 e. The Balaban J connectivity index is 2.53. The zero-order valence-electron chi connectivity index (χ0n) is 12.0. The van der Waals surface area contributed by atoms with Crippen LogP contribution in [0.4, 0.5) is 0 Å². The fourth-order valence-corrected chi connectivity index (χ4v) is 2.25. The van der Waals surface area contributed by atoms with Gasteiger partial charge in [0.05, 0.1) is 23.6 Å². The van der Waals surface area contributed by atoms with Crippen molar-refractivity contribution in [2.24, 2.45) is 0 Å². The maximum atomic E-state index is 12.1. The zero-order chi connectivity index (χ0) is 15.7. The van der Waals surface area contributed by atoms with Gasteiger partial charge in [-0.2, -0.15) is 0 Å². The van der Waals surface area contributed by atoms with Crippen LogP contribution in [0.3, 0.4) is 0 Å². The smallest absolute Gasteiger partial charge is 0.254 e. The minimum atomic E-state index is -0.245. The Kier molecular flexibility index (Phi) is 7.46. The molecule has 114 valence electrons. The number of likely N-dealkylation sites (N-methyl/N-ethyl adjacent to an activating group) is 1. The number of nitrogens with zero attached hydrogens (tertiary/aromatic N) is 1. The lowest BCUT2D eigenvalue weighted by Gasteiger charge is -2.15. The minimum absolute atomic E-state index is 0.0178. The molecule has 0 unspecified atom stereocenters. The van der Waals surface area contributed by atoms with Gasteiger partial charge in [0.1, 0.15) is 6.61 Å². The Morgan fingerprint density at radius 1 is 1.52 bits per heavy atom. The molecule has 2 amide bonds. The van der Waals surface area contributed by atoms with Crippen molar-refractivity contribution >= 4 is 23.2 Å². The summed E-state index contributed by atoms with van der Waals surface area (Å²) in [4.78, 5) is 25.8. The second-order valence-electron chi connectivity index (χ2n) is 4.16. The summed E-state index contributed by atoms with van der Waals surface area (Å²) in [5.74, 6) is 4.78. The first kappa shape index (κ1) is 17.2. The zero-order valence-corrected chi connectivity index (χ0v) is 12.8. The molecule has 1 aromatic rings. The lowest BCUT2D eigenvalue weighted by Crippen LogP contribution is -2.39. The molecule has 1 heterocycles. The molecule has 0 aliphatic heterocycles. The molecule has 1 aromatic heterocycles. The molecule has 0 aromatic carbocycles. The molecule has 21 heavy (non-hydrogen) atoms. The second-order valence-corrected chi connectivity index (χ2v) is 5.07. The van der Waals surface area contributed by atoms with E-state index in [0.29, 0.717) is 23.6 Å². The molecule has 0 saturated carbocycles. The van der Waals surface area contributed by atoms with E-state index in [4.69, 9.17) is 9.84 Å². The van der Waals surface area contributed by atoms with E-state index in [0.717, 1.165) is 0 Å². The number of nitrogens with one attached hydrogen (secondary N) is 1. The Labute approximate surface area is 127 Å². The molecule has 0 aliphatic carbocycles. The molecule has 6 nitrogen and oxygen atoms in total. The van der Waals surface area contributed by atoms with Gasteiger partial charge in [0.15, 0.2) is 0 Å². The van der Waals surface area contributed by atoms with E-state index in [2.05, 4.69) is 17.2 Å². The van der Waals surface area contributed by atoms with Crippen LogP contribution in [0.15, 0.2) is 11.4 Å². The average molecular weight is 310 g/mol. The molecule has 1 rings (SSSR count). The normalized spacial score (nSPS) is 9.67. The molecular formula is C14H18N2O4S. The lowest BCUT2D eigenvalue weighted by atomic mass is 10.2. The first-order valence-corrected chi connectivity index (χ1v) is 7.15. The van der Waals surface area contributed by atoms with E-state index in [1.807, 2.05) is 0 Å². The monoisotopic (exact) mass is 310 g/mol. The van der Waals surface area contributed by atoms with Crippen molar-refractivity contribution < 1.29 is 19.4 Å². The number of hydrogen-bond donors (Lipinski definition) is 2. The second kappa shape index (κ2) is 9.13. The summed E-state index contributed by atoms with van der Waals surface area (Å²) < 4.78 is 4.82. The van der Waals surface area contributed by atoms with Crippen LogP contribution >= 0.6 is 11.3 Å². The number of rotatable bonds is 6. The van der Waals surface area contributed by atoms with Gasteiger partial charge in [0.2, 0.25) is 5.91 Å². The number of hydrogen-bond acceptors (Lipinski definition) is 5. The van der Waals surface area contributed by atoms with Gasteiger partial charge in [-0.15, -0.1) is 11.3 Å². The van der Waals surface area contributed by atoms with Crippen molar-refractivity contribution in [2.75, 3.05) is 40.5 Å². The van der Waals surface area contributed by atoms with E-state index in [1.165, 1.54) is 16.2 Å². The summed E-state index contributed by atoms with van der Waals surface area (Å²) in [6, 6.07) is 1.65. The summed E-state index contributed by atoms with van der Waals surface area (Å²) in [5, 5.41) is 13.0. The SMILES string of the molecule is COCCNC(=O)CN(C)C(=O)c1csc(C#CCO)c1. The van der Waals surface area contributed by atoms with Crippen LogP contribution in [0.2, 0.25) is 0 Å². The van der Waals surface area contributed by atoms with Crippen molar-refractivity contribution in [1.29, 1.82) is 0 Å². The summed E-state index contributed by atoms with van der Waals surface area (Å²) >= 11 is 1.32. The van der Waals surface area contributed by atoms with Crippen LogP contribution in [0.5, 0.6) is 0 Å². The number of aliphatic hydroxyl groups is 1. The molecule has 2 N–H and O–H groups in total. The molecule has 0 atom stereocenters. The third-order valence-corrected chi connectivity index (χ3v) is 3.34. The highest BCUT2D eigenvalue weighted by atomic mass is 32.1. The van der Waals surface area contributed by atoms with Gasteiger partial charge in [0.25, 0.3) is 5.91 Å². The quantitative estimate of drug-likeness (QED) is 0.569. The van der Waals surface area contributed by atoms with Gasteiger partial charge in [-0.05, 0) is 6.07 Å². The number of amides is 2. The van der Waals surface area contributed by atoms with Crippen molar-refractivity contribution in [3.8, 4) is 11.8 Å². The summed E-state index contributed by atoms with van der Waals surface area (Å²) in [7, 11) is 3.12. The van der Waals surface area contributed by atoms with Crippen LogP contribution in [-0.2, 0) is 9.53 Å². The third-order valence-electron chi connectivity index (χ3n) is 2.49. The van der Waals surface area contributed by atoms with Crippen LogP contribution in [-0.4, -0.2) is 62.3 Å². The van der Waals surface area contributed by atoms with Gasteiger partial charge in [-0.3, -0.25) is 9.59 Å². The summed E-state index contributed by atoms with van der Waals surface area (Å²) in [5.41, 5.74) is 0.481. The van der Waals surface area contributed by atoms with Crippen LogP contribution in [0.25, 0.3) is 0 Å². The fraction of sp³-hybridized carbons (Fsp3) is 0.429. The van der Waals surface area contributed by atoms with Crippen LogP contribution in [0.1, 0.15) is 15.2 Å². The number of carbonyl (C=O) groups excluding carboxylic acids is 2. The number of carbonyl (C=O) groups is 2. The Morgan fingerprint density at radius 3 is 2.95 bits per heavy atom. The van der Waals surface area contributed by atoms with Crippen molar-refractivity contribution in [2.45, 2.75) is 0 Å². The third kappa shape index (κ3) is 5.95. The number of aliphatic hydroxyl groups excluding tert-OH is 1. The van der Waals surface area contributed by atoms with Gasteiger partial charge >= 0.3 is 0 Å². The highest BCUT2D eigenvalue weighted by Crippen LogP contribution is 2.15. The molecule has 0 radical (unpaired) electrons. The predicted octanol–water partition coefficient (Wildman–Crippen LogP) is -0.0735. The fourth-order valence-electron chi connectivity index (χ4n) is 1.50. The molecule has 0 fully saturated rings. The standard InChI is InChI=1S/C14H18N2O4S/c1-16(9-13(18)15-5-7-20-2)14(19)11-8-12(21-10-11)4-3-6-17/h8,10,17H,5-7,9H2,1-2H3,(H,15,18). The Morgan fingerprint density at radius 2 is 2.29 bits per heavy atom. The molecule has 0 spiro atoms. The van der Waals surface area contributed by atoms with E-state index >= 15 is 0 Å². The number of methoxy groups -OCH3 is 1. The van der Waals surface area contributed by atoms with Gasteiger partial charge in [-0.1, -0.05) is 11.8 Å². The van der Waals surface area contributed by atoms with Crippen molar-refractivity contribution in [3.63, 3.8) is 0 Å². The van der Waals surface area contributed by atoms with E-state index < -0.39 is 0 Å². The van der Waals surface area contributed by atoms with E-state index in [9.17, 15) is 9.59 Å². The van der Waals surface area contributed by atoms with E-state index in [-0.39, 0.29) is 25.0 Å². The topological polar surface area (TPSA) is 78.9 Å². The van der Waals surface area contributed by atoms with Gasteiger partial charge in [-0.25, -0.2) is 0 Å². The molecular weight excluding hydrogens is 292 g/mol. The Bertz CT molecular complexity index is 545.